The maximum absolute atomic E-state index is 11.6. The summed E-state index contributed by atoms with van der Waals surface area (Å²) >= 11 is 0. The van der Waals surface area contributed by atoms with E-state index in [1.165, 1.54) is 38.4 Å². The van der Waals surface area contributed by atoms with Crippen molar-refractivity contribution < 1.29 is 12.3 Å². The van der Waals surface area contributed by atoms with Crippen LogP contribution in [0, 0.1) is 0 Å². The fourth-order valence-corrected chi connectivity index (χ4v) is 10.4. The van der Waals surface area contributed by atoms with Gasteiger partial charge in [-0.25, -0.2) is 8.42 Å². The SMILES string of the molecule is CCCCCCCC[Si](OS(C)(=O)=O)(C(C)C)C(C)C. The fraction of sp³-hybridized carbons (Fsp3) is 1.00. The molecule has 0 spiro atoms. The molecule has 0 aromatic rings. The molecule has 0 saturated heterocycles. The predicted octanol–water partition coefficient (Wildman–Crippen LogP) is 5.09. The summed E-state index contributed by atoms with van der Waals surface area (Å²) in [7, 11) is -5.60. The Morgan fingerprint density at radius 2 is 1.35 bits per heavy atom. The summed E-state index contributed by atoms with van der Waals surface area (Å²) in [4.78, 5) is 0. The molecule has 20 heavy (non-hydrogen) atoms. The molecule has 0 aromatic carbocycles. The number of unbranched alkanes of at least 4 members (excludes halogenated alkanes) is 5. The predicted molar refractivity (Wildman–Crippen MR) is 90.1 cm³/mol. The van der Waals surface area contributed by atoms with Crippen LogP contribution in [0.1, 0.15) is 73.1 Å². The van der Waals surface area contributed by atoms with E-state index in [1.54, 1.807) is 0 Å². The first kappa shape index (κ1) is 20.1. The van der Waals surface area contributed by atoms with Gasteiger partial charge in [-0.05, 0) is 17.1 Å². The summed E-state index contributed by atoms with van der Waals surface area (Å²) in [6.45, 7) is 10.7. The van der Waals surface area contributed by atoms with Crippen LogP contribution in [0.25, 0.3) is 0 Å². The Morgan fingerprint density at radius 1 is 0.900 bits per heavy atom. The molecule has 0 aromatic heterocycles. The van der Waals surface area contributed by atoms with Gasteiger partial charge in [-0.15, -0.1) is 0 Å². The number of hydrogen-bond donors (Lipinski definition) is 0. The molecule has 0 unspecified atom stereocenters. The zero-order valence-corrected chi connectivity index (χ0v) is 16.1. The molecule has 0 atom stereocenters. The molecule has 5 heteroatoms. The lowest BCUT2D eigenvalue weighted by molar-refractivity contribution is 0.458. The average molecular weight is 323 g/mol. The summed E-state index contributed by atoms with van der Waals surface area (Å²) in [5.41, 5.74) is 0.653. The summed E-state index contributed by atoms with van der Waals surface area (Å²) in [6.07, 6.45) is 8.60. The molecule has 0 radical (unpaired) electrons. The van der Waals surface area contributed by atoms with Crippen molar-refractivity contribution >= 4 is 18.4 Å². The van der Waals surface area contributed by atoms with E-state index in [2.05, 4.69) is 34.6 Å². The Morgan fingerprint density at radius 3 is 1.75 bits per heavy atom. The van der Waals surface area contributed by atoms with Gasteiger partial charge in [0.25, 0.3) is 10.1 Å². The number of rotatable bonds is 11. The lowest BCUT2D eigenvalue weighted by Crippen LogP contribution is -2.46. The second-order valence-corrected chi connectivity index (χ2v) is 13.4. The van der Waals surface area contributed by atoms with Gasteiger partial charge in [0, 0.05) is 0 Å². The maximum Gasteiger partial charge on any atom is 0.254 e. The van der Waals surface area contributed by atoms with Gasteiger partial charge in [0.05, 0.1) is 6.26 Å². The van der Waals surface area contributed by atoms with Gasteiger partial charge in [-0.3, -0.25) is 0 Å². The molecule has 3 nitrogen and oxygen atoms in total. The van der Waals surface area contributed by atoms with Crippen LogP contribution in [-0.2, 0) is 14.0 Å². The second-order valence-electron chi connectivity index (χ2n) is 6.57. The van der Waals surface area contributed by atoms with Crippen LogP contribution in [0.4, 0.5) is 0 Å². The van der Waals surface area contributed by atoms with Crippen molar-refractivity contribution in [2.24, 2.45) is 0 Å². The van der Waals surface area contributed by atoms with Gasteiger partial charge < -0.3 is 3.87 Å². The average Bonchev–Trinajstić information content (AvgIpc) is 2.29. The van der Waals surface area contributed by atoms with Crippen LogP contribution in [0.2, 0.25) is 17.1 Å². The lowest BCUT2D eigenvalue weighted by Gasteiger charge is -2.37. The Labute approximate surface area is 127 Å². The molecular formula is C15H34O3SSi. The Balaban J connectivity index is 4.61. The van der Waals surface area contributed by atoms with Crippen LogP contribution in [-0.4, -0.2) is 23.0 Å². The normalized spacial score (nSPS) is 13.4. The third kappa shape index (κ3) is 7.23. The van der Waals surface area contributed by atoms with E-state index in [1.807, 2.05) is 0 Å². The smallest absolute Gasteiger partial charge is 0.254 e. The van der Waals surface area contributed by atoms with Crippen LogP contribution < -0.4 is 0 Å². The maximum atomic E-state index is 11.6. The van der Waals surface area contributed by atoms with Gasteiger partial charge in [-0.1, -0.05) is 73.1 Å². The molecule has 0 rings (SSSR count). The molecule has 0 saturated carbocycles. The van der Waals surface area contributed by atoms with E-state index < -0.39 is 18.4 Å². The van der Waals surface area contributed by atoms with Crippen molar-refractivity contribution in [3.63, 3.8) is 0 Å². The highest BCUT2D eigenvalue weighted by atomic mass is 32.2. The lowest BCUT2D eigenvalue weighted by atomic mass is 10.1. The highest BCUT2D eigenvalue weighted by Crippen LogP contribution is 2.39. The molecule has 0 bridgehead atoms. The molecule has 0 heterocycles. The minimum atomic E-state index is -3.36. The molecule has 0 aliphatic heterocycles. The van der Waals surface area contributed by atoms with E-state index in [-0.39, 0.29) is 0 Å². The van der Waals surface area contributed by atoms with Crippen molar-refractivity contribution in [2.45, 2.75) is 90.3 Å². The van der Waals surface area contributed by atoms with E-state index in [4.69, 9.17) is 3.87 Å². The molecule has 0 aliphatic rings. The van der Waals surface area contributed by atoms with Gasteiger partial charge in [0.1, 0.15) is 0 Å². The highest BCUT2D eigenvalue weighted by Gasteiger charge is 2.44. The van der Waals surface area contributed by atoms with Crippen molar-refractivity contribution in [1.82, 2.24) is 0 Å². The first-order valence-electron chi connectivity index (χ1n) is 8.06. The highest BCUT2D eigenvalue weighted by molar-refractivity contribution is 7.87. The van der Waals surface area contributed by atoms with E-state index in [9.17, 15) is 8.42 Å². The summed E-state index contributed by atoms with van der Waals surface area (Å²) in [5, 5.41) is 0. The monoisotopic (exact) mass is 322 g/mol. The van der Waals surface area contributed by atoms with Crippen molar-refractivity contribution in [3.8, 4) is 0 Å². The second kappa shape index (κ2) is 9.21. The van der Waals surface area contributed by atoms with E-state index in [0.29, 0.717) is 11.1 Å². The third-order valence-corrected chi connectivity index (χ3v) is 11.7. The first-order chi connectivity index (χ1) is 9.15. The zero-order chi connectivity index (χ0) is 15.8. The van der Waals surface area contributed by atoms with Crippen LogP contribution in [0.5, 0.6) is 0 Å². The molecular weight excluding hydrogens is 288 g/mol. The van der Waals surface area contributed by atoms with Crippen LogP contribution >= 0.6 is 0 Å². The van der Waals surface area contributed by atoms with E-state index >= 15 is 0 Å². The summed E-state index contributed by atoms with van der Waals surface area (Å²) in [6, 6.07) is 0.960. The topological polar surface area (TPSA) is 43.4 Å². The van der Waals surface area contributed by atoms with E-state index in [0.717, 1.165) is 12.5 Å². The van der Waals surface area contributed by atoms with Crippen molar-refractivity contribution in [2.75, 3.05) is 6.26 Å². The van der Waals surface area contributed by atoms with Gasteiger partial charge in [-0.2, -0.15) is 0 Å². The standard InChI is InChI=1S/C15H34O3SSi/c1-7-8-9-10-11-12-13-20(14(2)3,15(4)5)18-19(6,16)17/h14-15H,7-13H2,1-6H3. The minimum absolute atomic E-state index is 0.327. The zero-order valence-electron chi connectivity index (χ0n) is 14.2. The van der Waals surface area contributed by atoms with Gasteiger partial charge >= 0.3 is 0 Å². The largest absolute Gasteiger partial charge is 0.314 e. The summed E-state index contributed by atoms with van der Waals surface area (Å²) in [5.74, 6) is 0. The number of hydrogen-bond acceptors (Lipinski definition) is 3. The van der Waals surface area contributed by atoms with Gasteiger partial charge in [0.15, 0.2) is 0 Å². The molecule has 0 amide bonds. The minimum Gasteiger partial charge on any atom is -0.314 e. The van der Waals surface area contributed by atoms with Crippen LogP contribution in [0.15, 0.2) is 0 Å². The molecule has 0 fully saturated rings. The first-order valence-corrected chi connectivity index (χ1v) is 12.1. The molecule has 0 aliphatic carbocycles. The Kier molecular flexibility index (Phi) is 9.27. The molecule has 0 N–H and O–H groups in total. The third-order valence-electron chi connectivity index (χ3n) is 4.18. The van der Waals surface area contributed by atoms with Crippen LogP contribution in [0.3, 0.4) is 0 Å². The van der Waals surface area contributed by atoms with Crippen molar-refractivity contribution in [1.29, 1.82) is 0 Å². The van der Waals surface area contributed by atoms with Gasteiger partial charge in [0.2, 0.25) is 8.32 Å². The fourth-order valence-electron chi connectivity index (χ4n) is 2.94. The van der Waals surface area contributed by atoms with Crippen molar-refractivity contribution in [3.05, 3.63) is 0 Å². The quantitative estimate of drug-likeness (QED) is 0.393. The Bertz CT molecular complexity index is 342. The molecule has 122 valence electrons. The summed E-state index contributed by atoms with van der Waals surface area (Å²) < 4.78 is 29.0. The Hall–Kier alpha value is 0.127.